The fourth-order valence-electron chi connectivity index (χ4n) is 2.28. The molecule has 0 aliphatic rings. The van der Waals surface area contributed by atoms with Gasteiger partial charge in [-0.05, 0) is 6.92 Å². The fraction of sp³-hybridized carbons (Fsp3) is 0.647. The lowest BCUT2D eigenvalue weighted by molar-refractivity contribution is -0.143. The van der Waals surface area contributed by atoms with E-state index >= 15 is 0 Å². The minimum Gasteiger partial charge on any atom is -0.480 e. The van der Waals surface area contributed by atoms with Crippen molar-refractivity contribution in [3.05, 3.63) is 0 Å². The van der Waals surface area contributed by atoms with Crippen LogP contribution in [0.3, 0.4) is 0 Å². The third-order valence-corrected chi connectivity index (χ3v) is 4.14. The van der Waals surface area contributed by atoms with E-state index in [9.17, 15) is 44.1 Å². The summed E-state index contributed by atoms with van der Waals surface area (Å²) in [6.07, 6.45) is -1.52. The SMILES string of the molecule is C[C@@H](O)[C@H](NC(=O)[C@H](CO)NC(=O)CN)C(=O)N[C@@H](CO)C(=O)NCC(=O)N[C@@H](CO)C(=O)O. The highest BCUT2D eigenvalue weighted by Crippen LogP contribution is 1.97. The second kappa shape index (κ2) is 15.5. The zero-order chi connectivity index (χ0) is 26.4. The van der Waals surface area contributed by atoms with E-state index in [-0.39, 0.29) is 0 Å². The van der Waals surface area contributed by atoms with E-state index < -0.39 is 98.7 Å². The van der Waals surface area contributed by atoms with Crippen LogP contribution in [-0.2, 0) is 28.8 Å². The number of carboxylic acids is 1. The molecule has 5 amide bonds. The van der Waals surface area contributed by atoms with E-state index in [0.717, 1.165) is 6.92 Å². The van der Waals surface area contributed by atoms with E-state index in [1.54, 1.807) is 0 Å². The zero-order valence-electron chi connectivity index (χ0n) is 18.2. The zero-order valence-corrected chi connectivity index (χ0v) is 18.2. The largest absolute Gasteiger partial charge is 0.480 e. The van der Waals surface area contributed by atoms with Crippen molar-refractivity contribution in [3.8, 4) is 0 Å². The molecule has 0 aromatic rings. The molecule has 0 aromatic heterocycles. The Labute approximate surface area is 193 Å². The molecule has 0 spiro atoms. The van der Waals surface area contributed by atoms with Crippen molar-refractivity contribution >= 4 is 35.5 Å². The van der Waals surface area contributed by atoms with Crippen LogP contribution in [0.25, 0.3) is 0 Å². The van der Waals surface area contributed by atoms with Gasteiger partial charge in [-0.1, -0.05) is 0 Å². The Hall–Kier alpha value is -3.38. The molecule has 0 fully saturated rings. The fourth-order valence-corrected chi connectivity index (χ4v) is 2.28. The van der Waals surface area contributed by atoms with Gasteiger partial charge in [-0.15, -0.1) is 0 Å². The number of amides is 5. The van der Waals surface area contributed by atoms with Crippen molar-refractivity contribution in [1.82, 2.24) is 26.6 Å². The molecule has 0 aromatic carbocycles. The van der Waals surface area contributed by atoms with Gasteiger partial charge in [0.05, 0.1) is 39.0 Å². The monoisotopic (exact) mass is 494 g/mol. The number of aliphatic hydroxyl groups excluding tert-OH is 4. The summed E-state index contributed by atoms with van der Waals surface area (Å²) >= 11 is 0. The normalized spacial score (nSPS) is 15.0. The number of nitrogens with one attached hydrogen (secondary N) is 5. The van der Waals surface area contributed by atoms with Crippen molar-refractivity contribution in [2.75, 3.05) is 32.9 Å². The van der Waals surface area contributed by atoms with Crippen molar-refractivity contribution < 1.29 is 54.3 Å². The number of nitrogens with two attached hydrogens (primary N) is 1. The highest BCUT2D eigenvalue weighted by Gasteiger charge is 2.32. The molecule has 0 bridgehead atoms. The van der Waals surface area contributed by atoms with Gasteiger partial charge in [0, 0.05) is 0 Å². The Kier molecular flexibility index (Phi) is 13.9. The second-order valence-electron chi connectivity index (χ2n) is 6.84. The molecule has 0 unspecified atom stereocenters. The van der Waals surface area contributed by atoms with E-state index in [2.05, 4.69) is 10.6 Å². The molecule has 0 saturated carbocycles. The number of aliphatic carboxylic acids is 1. The molecular formula is C17H30N6O11. The lowest BCUT2D eigenvalue weighted by Gasteiger charge is -2.25. The maximum absolute atomic E-state index is 12.5. The highest BCUT2D eigenvalue weighted by molar-refractivity contribution is 5.95. The number of rotatable bonds is 15. The summed E-state index contributed by atoms with van der Waals surface area (Å²) in [5.41, 5.74) is 5.11. The summed E-state index contributed by atoms with van der Waals surface area (Å²) in [5, 5.41) is 56.3. The summed E-state index contributed by atoms with van der Waals surface area (Å²) in [6.45, 7) is -2.83. The van der Waals surface area contributed by atoms with Gasteiger partial charge in [-0.2, -0.15) is 0 Å². The van der Waals surface area contributed by atoms with E-state index in [1.165, 1.54) is 0 Å². The first-order valence-electron chi connectivity index (χ1n) is 9.82. The molecule has 17 nitrogen and oxygen atoms in total. The number of aliphatic hydroxyl groups is 4. The first-order chi connectivity index (χ1) is 15.9. The van der Waals surface area contributed by atoms with Crippen LogP contribution < -0.4 is 32.3 Å². The van der Waals surface area contributed by atoms with Crippen molar-refractivity contribution in [2.24, 2.45) is 5.73 Å². The van der Waals surface area contributed by atoms with Gasteiger partial charge in [-0.25, -0.2) is 4.79 Å². The minimum absolute atomic E-state index is 0.480. The summed E-state index contributed by atoms with van der Waals surface area (Å²) in [5.74, 6) is -6.52. The van der Waals surface area contributed by atoms with Crippen LogP contribution in [-0.4, -0.2) is 124 Å². The highest BCUT2D eigenvalue weighted by atomic mass is 16.4. The number of carbonyl (C=O) groups excluding carboxylic acids is 5. The van der Waals surface area contributed by atoms with Crippen molar-refractivity contribution in [3.63, 3.8) is 0 Å². The van der Waals surface area contributed by atoms with Crippen LogP contribution in [0, 0.1) is 0 Å². The van der Waals surface area contributed by atoms with Gasteiger partial charge in [0.1, 0.15) is 24.2 Å². The average molecular weight is 494 g/mol. The molecule has 5 atom stereocenters. The molecule has 17 heteroatoms. The van der Waals surface area contributed by atoms with Crippen LogP contribution >= 0.6 is 0 Å². The van der Waals surface area contributed by atoms with Gasteiger partial charge < -0.3 is 57.9 Å². The first kappa shape index (κ1) is 30.6. The number of hydrogen-bond donors (Lipinski definition) is 11. The van der Waals surface area contributed by atoms with Gasteiger partial charge in [0.2, 0.25) is 29.5 Å². The maximum atomic E-state index is 12.5. The van der Waals surface area contributed by atoms with Crippen LogP contribution in [0.15, 0.2) is 0 Å². The van der Waals surface area contributed by atoms with Crippen molar-refractivity contribution in [2.45, 2.75) is 37.2 Å². The second-order valence-corrected chi connectivity index (χ2v) is 6.84. The first-order valence-corrected chi connectivity index (χ1v) is 9.82. The van der Waals surface area contributed by atoms with Crippen molar-refractivity contribution in [1.29, 1.82) is 0 Å². The van der Waals surface area contributed by atoms with E-state index in [4.69, 9.17) is 15.9 Å². The Morgan fingerprint density at radius 1 is 0.735 bits per heavy atom. The Morgan fingerprint density at radius 3 is 1.68 bits per heavy atom. The van der Waals surface area contributed by atoms with E-state index in [0.29, 0.717) is 0 Å². The Morgan fingerprint density at radius 2 is 1.24 bits per heavy atom. The quantitative estimate of drug-likeness (QED) is 0.101. The molecular weight excluding hydrogens is 464 g/mol. The molecule has 194 valence electrons. The third kappa shape index (κ3) is 10.5. The molecule has 0 radical (unpaired) electrons. The number of hydrogen-bond acceptors (Lipinski definition) is 11. The third-order valence-electron chi connectivity index (χ3n) is 4.14. The molecule has 34 heavy (non-hydrogen) atoms. The number of carboxylic acid groups (broad SMARTS) is 1. The molecule has 0 rings (SSSR count). The maximum Gasteiger partial charge on any atom is 0.328 e. The lowest BCUT2D eigenvalue weighted by Crippen LogP contribution is -2.61. The average Bonchev–Trinajstić information content (AvgIpc) is 2.79. The summed E-state index contributed by atoms with van der Waals surface area (Å²) in [6, 6.07) is -6.42. The van der Waals surface area contributed by atoms with Gasteiger partial charge in [0.15, 0.2) is 0 Å². The predicted octanol–water partition coefficient (Wildman–Crippen LogP) is -7.56. The number of carbonyl (C=O) groups is 6. The van der Waals surface area contributed by atoms with Crippen LogP contribution in [0.2, 0.25) is 0 Å². The molecule has 0 saturated heterocycles. The summed E-state index contributed by atoms with van der Waals surface area (Å²) in [7, 11) is 0. The lowest BCUT2D eigenvalue weighted by atomic mass is 10.1. The molecule has 12 N–H and O–H groups in total. The van der Waals surface area contributed by atoms with Crippen LogP contribution in [0.5, 0.6) is 0 Å². The van der Waals surface area contributed by atoms with Gasteiger partial charge in [-0.3, -0.25) is 24.0 Å². The standard InChI is InChI=1S/C17H30N6O11/c1-7(27)13(23-15(31)9(5-25)20-11(28)2-18)16(32)22-8(4-24)14(30)19-3-12(29)21-10(6-26)17(33)34/h7-10,13,24-27H,2-6,18H2,1H3,(H,19,30)(H,20,28)(H,21,29)(H,22,32)(H,23,31)(H,33,34)/t7-,8+,9+,10+,13+/m1/s1. The van der Waals surface area contributed by atoms with Crippen LogP contribution in [0.1, 0.15) is 6.92 Å². The topological polar surface area (TPSA) is 290 Å². The van der Waals surface area contributed by atoms with Crippen LogP contribution in [0.4, 0.5) is 0 Å². The predicted molar refractivity (Wildman–Crippen MR) is 110 cm³/mol. The smallest absolute Gasteiger partial charge is 0.328 e. The molecule has 0 aliphatic heterocycles. The van der Waals surface area contributed by atoms with Gasteiger partial charge in [0.25, 0.3) is 0 Å². The Bertz CT molecular complexity index is 747. The minimum atomic E-state index is -1.68. The summed E-state index contributed by atoms with van der Waals surface area (Å²) < 4.78 is 0. The van der Waals surface area contributed by atoms with Gasteiger partial charge >= 0.3 is 5.97 Å². The summed E-state index contributed by atoms with van der Waals surface area (Å²) in [4.78, 5) is 70.6. The molecule has 0 heterocycles. The van der Waals surface area contributed by atoms with E-state index in [1.807, 2.05) is 16.0 Å². The Balaban J connectivity index is 5.06. The molecule has 0 aliphatic carbocycles.